The molecule has 1 aliphatic rings. The van der Waals surface area contributed by atoms with Crippen LogP contribution in [0.25, 0.3) is 0 Å². The highest BCUT2D eigenvalue weighted by atomic mass is 32.2. The van der Waals surface area contributed by atoms with Crippen molar-refractivity contribution in [2.75, 3.05) is 37.5 Å². The minimum absolute atomic E-state index is 0.0625. The SMILES string of the molecule is COC(=O)c1c(NC(=O)CN(c2cc(C)cc(C)c2)S(=O)(=O)c2ccc(OC)c(OC)c2)sc2c1CCC2. The average Bonchev–Trinajstić information content (AvgIpc) is 3.46. The summed E-state index contributed by atoms with van der Waals surface area (Å²) in [6.45, 7) is 3.20. The van der Waals surface area contributed by atoms with Crippen LogP contribution in [-0.4, -0.2) is 48.2 Å². The molecule has 38 heavy (non-hydrogen) atoms. The van der Waals surface area contributed by atoms with E-state index in [0.717, 1.165) is 45.1 Å². The smallest absolute Gasteiger partial charge is 0.341 e. The van der Waals surface area contributed by atoms with Gasteiger partial charge in [0.25, 0.3) is 10.0 Å². The summed E-state index contributed by atoms with van der Waals surface area (Å²) in [7, 11) is -0.0384. The summed E-state index contributed by atoms with van der Waals surface area (Å²) < 4.78 is 44.4. The van der Waals surface area contributed by atoms with Crippen LogP contribution in [0.5, 0.6) is 11.5 Å². The maximum Gasteiger partial charge on any atom is 0.341 e. The second-order valence-electron chi connectivity index (χ2n) is 8.98. The van der Waals surface area contributed by atoms with E-state index in [0.29, 0.717) is 22.0 Å². The number of nitrogens with one attached hydrogen (secondary N) is 1. The molecule has 1 N–H and O–H groups in total. The number of amides is 1. The number of fused-ring (bicyclic) bond motifs is 1. The van der Waals surface area contributed by atoms with Gasteiger partial charge in [0.05, 0.1) is 37.5 Å². The second kappa shape index (κ2) is 11.0. The molecular weight excluding hydrogens is 528 g/mol. The van der Waals surface area contributed by atoms with Crippen molar-refractivity contribution in [3.63, 3.8) is 0 Å². The molecule has 0 fully saturated rings. The lowest BCUT2D eigenvalue weighted by atomic mass is 10.1. The number of benzene rings is 2. The number of sulfonamides is 1. The Morgan fingerprint density at radius 1 is 0.974 bits per heavy atom. The van der Waals surface area contributed by atoms with E-state index in [-0.39, 0.29) is 10.6 Å². The minimum atomic E-state index is -4.21. The van der Waals surface area contributed by atoms with Crippen molar-refractivity contribution in [3.8, 4) is 11.5 Å². The van der Waals surface area contributed by atoms with E-state index in [1.807, 2.05) is 19.9 Å². The molecule has 0 atom stereocenters. The highest BCUT2D eigenvalue weighted by Gasteiger charge is 2.31. The van der Waals surface area contributed by atoms with Gasteiger partial charge in [-0.2, -0.15) is 0 Å². The van der Waals surface area contributed by atoms with Crippen molar-refractivity contribution >= 4 is 43.9 Å². The first-order chi connectivity index (χ1) is 18.1. The number of rotatable bonds is 9. The fourth-order valence-electron chi connectivity index (χ4n) is 4.62. The van der Waals surface area contributed by atoms with Gasteiger partial charge < -0.3 is 19.5 Å². The fraction of sp³-hybridized carbons (Fsp3) is 0.333. The summed E-state index contributed by atoms with van der Waals surface area (Å²) >= 11 is 1.33. The van der Waals surface area contributed by atoms with Gasteiger partial charge in [0.2, 0.25) is 5.91 Å². The van der Waals surface area contributed by atoms with E-state index in [2.05, 4.69) is 5.32 Å². The van der Waals surface area contributed by atoms with Crippen molar-refractivity contribution in [2.24, 2.45) is 0 Å². The minimum Gasteiger partial charge on any atom is -0.493 e. The molecule has 1 aliphatic carbocycles. The third-order valence-electron chi connectivity index (χ3n) is 6.29. The molecule has 0 radical (unpaired) electrons. The van der Waals surface area contributed by atoms with Gasteiger partial charge in [-0.15, -0.1) is 11.3 Å². The lowest BCUT2D eigenvalue weighted by molar-refractivity contribution is -0.114. The Hall–Kier alpha value is -3.57. The van der Waals surface area contributed by atoms with Crippen LogP contribution >= 0.6 is 11.3 Å². The topological polar surface area (TPSA) is 111 Å². The number of anilines is 2. The first kappa shape index (κ1) is 27.5. The van der Waals surface area contributed by atoms with Gasteiger partial charge in [-0.25, -0.2) is 13.2 Å². The third-order valence-corrected chi connectivity index (χ3v) is 9.27. The van der Waals surface area contributed by atoms with Gasteiger partial charge in [0, 0.05) is 10.9 Å². The Morgan fingerprint density at radius 2 is 1.66 bits per heavy atom. The molecule has 0 saturated carbocycles. The largest absolute Gasteiger partial charge is 0.493 e. The molecule has 3 aromatic rings. The standard InChI is InChI=1S/C27H30N2O7S2/c1-16-11-17(2)13-18(12-16)29(38(32,33)19-9-10-21(34-3)22(14-19)35-4)15-24(30)28-26-25(27(31)36-5)20-7-6-8-23(20)37-26/h9-14H,6-8,15H2,1-5H3,(H,28,30). The van der Waals surface area contributed by atoms with Gasteiger partial charge in [-0.1, -0.05) is 6.07 Å². The highest BCUT2D eigenvalue weighted by molar-refractivity contribution is 7.92. The highest BCUT2D eigenvalue weighted by Crippen LogP contribution is 2.40. The first-order valence-corrected chi connectivity index (χ1v) is 14.2. The third kappa shape index (κ3) is 5.34. The summed E-state index contributed by atoms with van der Waals surface area (Å²) in [6.07, 6.45) is 2.49. The normalized spacial score (nSPS) is 12.6. The zero-order chi connectivity index (χ0) is 27.6. The zero-order valence-corrected chi connectivity index (χ0v) is 23.5. The Bertz CT molecular complexity index is 1480. The number of methoxy groups -OCH3 is 3. The van der Waals surface area contributed by atoms with Crippen LogP contribution < -0.4 is 19.1 Å². The van der Waals surface area contributed by atoms with Crippen LogP contribution in [0, 0.1) is 13.8 Å². The van der Waals surface area contributed by atoms with Crippen molar-refractivity contribution in [3.05, 3.63) is 63.5 Å². The molecule has 0 bridgehead atoms. The summed E-state index contributed by atoms with van der Waals surface area (Å²) in [5.41, 5.74) is 3.26. The molecule has 0 unspecified atom stereocenters. The average molecular weight is 559 g/mol. The van der Waals surface area contributed by atoms with E-state index < -0.39 is 28.4 Å². The van der Waals surface area contributed by atoms with Gasteiger partial charge in [0.15, 0.2) is 11.5 Å². The van der Waals surface area contributed by atoms with Crippen LogP contribution in [0.1, 0.15) is 38.3 Å². The number of carbonyl (C=O) groups is 2. The van der Waals surface area contributed by atoms with Crippen molar-refractivity contribution in [2.45, 2.75) is 38.0 Å². The van der Waals surface area contributed by atoms with Crippen LogP contribution in [0.4, 0.5) is 10.7 Å². The molecule has 9 nitrogen and oxygen atoms in total. The number of carbonyl (C=O) groups excluding carboxylic acids is 2. The summed E-state index contributed by atoms with van der Waals surface area (Å²) in [5.74, 6) is -0.487. The van der Waals surface area contributed by atoms with Crippen LogP contribution in [-0.2, 0) is 32.4 Å². The number of esters is 1. The predicted molar refractivity (Wildman–Crippen MR) is 146 cm³/mol. The molecule has 202 valence electrons. The van der Waals surface area contributed by atoms with Crippen LogP contribution in [0.3, 0.4) is 0 Å². The maximum absolute atomic E-state index is 13.9. The molecule has 11 heteroatoms. The molecule has 4 rings (SSSR count). The molecule has 2 aromatic carbocycles. The molecule has 1 heterocycles. The second-order valence-corrected chi connectivity index (χ2v) is 11.9. The quantitative estimate of drug-likeness (QED) is 0.385. The molecule has 0 aliphatic heterocycles. The number of hydrogen-bond donors (Lipinski definition) is 1. The number of ether oxygens (including phenoxy) is 3. The number of aryl methyl sites for hydroxylation is 3. The van der Waals surface area contributed by atoms with Gasteiger partial charge >= 0.3 is 5.97 Å². The summed E-state index contributed by atoms with van der Waals surface area (Å²) in [6, 6.07) is 9.60. The molecule has 1 aromatic heterocycles. The number of hydrogen-bond acceptors (Lipinski definition) is 8. The van der Waals surface area contributed by atoms with Gasteiger partial charge in [-0.05, 0) is 74.1 Å². The Kier molecular flexibility index (Phi) is 7.98. The Labute approximate surface area is 226 Å². The lowest BCUT2D eigenvalue weighted by Gasteiger charge is -2.25. The number of nitrogens with zero attached hydrogens (tertiary/aromatic N) is 1. The first-order valence-electron chi connectivity index (χ1n) is 11.9. The van der Waals surface area contributed by atoms with Crippen molar-refractivity contribution in [1.82, 2.24) is 0 Å². The van der Waals surface area contributed by atoms with E-state index in [9.17, 15) is 18.0 Å². The van der Waals surface area contributed by atoms with Crippen molar-refractivity contribution in [1.29, 1.82) is 0 Å². The van der Waals surface area contributed by atoms with Gasteiger partial charge in [-0.3, -0.25) is 9.10 Å². The maximum atomic E-state index is 13.9. The van der Waals surface area contributed by atoms with Gasteiger partial charge in [0.1, 0.15) is 11.5 Å². The van der Waals surface area contributed by atoms with Crippen molar-refractivity contribution < 1.29 is 32.2 Å². The fourth-order valence-corrected chi connectivity index (χ4v) is 7.34. The molecule has 0 spiro atoms. The number of thiophene rings is 1. The van der Waals surface area contributed by atoms with Crippen LogP contribution in [0.2, 0.25) is 0 Å². The van der Waals surface area contributed by atoms with E-state index in [4.69, 9.17) is 14.2 Å². The Balaban J connectivity index is 1.73. The van der Waals surface area contributed by atoms with E-state index in [1.54, 1.807) is 12.1 Å². The molecular formula is C27H30N2O7S2. The molecule has 1 amide bonds. The van der Waals surface area contributed by atoms with E-state index >= 15 is 0 Å². The van der Waals surface area contributed by atoms with E-state index in [1.165, 1.54) is 50.9 Å². The zero-order valence-electron chi connectivity index (χ0n) is 21.9. The summed E-state index contributed by atoms with van der Waals surface area (Å²) in [4.78, 5) is 26.8. The predicted octanol–water partition coefficient (Wildman–Crippen LogP) is 4.49. The monoisotopic (exact) mass is 558 g/mol. The molecule has 0 saturated heterocycles. The van der Waals surface area contributed by atoms with Crippen LogP contribution in [0.15, 0.2) is 41.3 Å². The summed E-state index contributed by atoms with van der Waals surface area (Å²) in [5, 5.41) is 3.15. The Morgan fingerprint density at radius 3 is 2.29 bits per heavy atom. The lowest BCUT2D eigenvalue weighted by Crippen LogP contribution is -2.38.